The van der Waals surface area contributed by atoms with E-state index in [4.69, 9.17) is 21.2 Å². The van der Waals surface area contributed by atoms with Crippen molar-refractivity contribution in [3.63, 3.8) is 0 Å². The average molecular weight is 469 g/mol. The van der Waals surface area contributed by atoms with Crippen molar-refractivity contribution in [2.75, 3.05) is 19.7 Å². The summed E-state index contributed by atoms with van der Waals surface area (Å²) in [4.78, 5) is 7.77. The van der Waals surface area contributed by atoms with Gasteiger partial charge >= 0.3 is 0 Å². The first-order valence-electron chi connectivity index (χ1n) is 10.9. The molecule has 1 heterocycles. The molecule has 0 spiro atoms. The molecule has 0 radical (unpaired) electrons. The van der Waals surface area contributed by atoms with Crippen LogP contribution in [0, 0.1) is 5.82 Å². The Kier molecular flexibility index (Phi) is 7.94. The SMILES string of the molecule is O[C@@H](COc1ccccc1)CN(Cc1ccc(F)cc1)C[C@H]1CC(c2ccc(Cl)cc2)=NO1. The lowest BCUT2D eigenvalue weighted by Crippen LogP contribution is -2.39. The molecule has 0 aliphatic carbocycles. The number of oxime groups is 1. The summed E-state index contributed by atoms with van der Waals surface area (Å²) in [6.07, 6.45) is -0.208. The van der Waals surface area contributed by atoms with Crippen LogP contribution in [0.4, 0.5) is 4.39 Å². The molecule has 5 nitrogen and oxygen atoms in total. The van der Waals surface area contributed by atoms with E-state index in [0.717, 1.165) is 16.8 Å². The molecule has 3 aromatic rings. The topological polar surface area (TPSA) is 54.3 Å². The van der Waals surface area contributed by atoms with Crippen LogP contribution in [0.1, 0.15) is 17.5 Å². The maximum Gasteiger partial charge on any atom is 0.145 e. The number of para-hydroxylation sites is 1. The minimum absolute atomic E-state index is 0.154. The molecular weight excluding hydrogens is 443 g/mol. The molecule has 7 heteroatoms. The fraction of sp³-hybridized carbons (Fsp3) is 0.269. The van der Waals surface area contributed by atoms with Gasteiger partial charge in [-0.05, 0) is 47.5 Å². The van der Waals surface area contributed by atoms with Crippen molar-refractivity contribution in [3.05, 3.63) is 101 Å². The van der Waals surface area contributed by atoms with E-state index < -0.39 is 6.10 Å². The molecule has 2 atom stereocenters. The van der Waals surface area contributed by atoms with Crippen molar-refractivity contribution in [2.45, 2.75) is 25.2 Å². The maximum absolute atomic E-state index is 13.3. The fourth-order valence-corrected chi connectivity index (χ4v) is 3.86. The van der Waals surface area contributed by atoms with E-state index in [0.29, 0.717) is 36.8 Å². The van der Waals surface area contributed by atoms with Gasteiger partial charge in [-0.2, -0.15) is 0 Å². The van der Waals surface area contributed by atoms with Crippen molar-refractivity contribution in [2.24, 2.45) is 5.16 Å². The van der Waals surface area contributed by atoms with Gasteiger partial charge in [-0.1, -0.05) is 59.2 Å². The normalized spacial score (nSPS) is 16.4. The van der Waals surface area contributed by atoms with E-state index >= 15 is 0 Å². The van der Waals surface area contributed by atoms with Crippen LogP contribution in [0.15, 0.2) is 84.0 Å². The Morgan fingerprint density at radius 1 is 1.06 bits per heavy atom. The molecule has 3 aromatic carbocycles. The Labute approximate surface area is 198 Å². The molecule has 0 bridgehead atoms. The first-order chi connectivity index (χ1) is 16.0. The summed E-state index contributed by atoms with van der Waals surface area (Å²) in [5.74, 6) is 0.434. The quantitative estimate of drug-likeness (QED) is 0.459. The van der Waals surface area contributed by atoms with Gasteiger partial charge in [0, 0.05) is 31.1 Å². The summed E-state index contributed by atoms with van der Waals surface area (Å²) in [6, 6.07) is 23.3. The van der Waals surface area contributed by atoms with Crippen molar-refractivity contribution in [3.8, 4) is 5.75 Å². The minimum atomic E-state index is -0.705. The Balaban J connectivity index is 1.37. The molecule has 0 aromatic heterocycles. The van der Waals surface area contributed by atoms with Crippen LogP contribution in [0.3, 0.4) is 0 Å². The number of rotatable bonds is 10. The van der Waals surface area contributed by atoms with Gasteiger partial charge in [0.15, 0.2) is 0 Å². The number of benzene rings is 3. The second-order valence-electron chi connectivity index (χ2n) is 8.07. The summed E-state index contributed by atoms with van der Waals surface area (Å²) >= 11 is 5.98. The van der Waals surface area contributed by atoms with E-state index in [1.54, 1.807) is 12.1 Å². The van der Waals surface area contributed by atoms with E-state index in [1.807, 2.05) is 54.6 Å². The minimum Gasteiger partial charge on any atom is -0.491 e. The smallest absolute Gasteiger partial charge is 0.145 e. The molecule has 172 valence electrons. The summed E-state index contributed by atoms with van der Waals surface area (Å²) < 4.78 is 19.0. The Bertz CT molecular complexity index is 1050. The zero-order valence-electron chi connectivity index (χ0n) is 18.1. The molecule has 0 saturated heterocycles. The summed E-state index contributed by atoms with van der Waals surface area (Å²) in [6.45, 7) is 1.64. The third-order valence-corrected chi connectivity index (χ3v) is 5.60. The molecule has 33 heavy (non-hydrogen) atoms. The lowest BCUT2D eigenvalue weighted by molar-refractivity contribution is 0.0213. The lowest BCUT2D eigenvalue weighted by atomic mass is 10.0. The van der Waals surface area contributed by atoms with E-state index in [-0.39, 0.29) is 18.5 Å². The first kappa shape index (κ1) is 23.2. The largest absolute Gasteiger partial charge is 0.491 e. The predicted molar refractivity (Wildman–Crippen MR) is 127 cm³/mol. The Hall–Kier alpha value is -2.93. The highest BCUT2D eigenvalue weighted by Gasteiger charge is 2.26. The van der Waals surface area contributed by atoms with Crippen LogP contribution in [0.2, 0.25) is 5.02 Å². The zero-order valence-corrected chi connectivity index (χ0v) is 18.9. The maximum atomic E-state index is 13.3. The number of ether oxygens (including phenoxy) is 1. The van der Waals surface area contributed by atoms with E-state index in [1.165, 1.54) is 12.1 Å². The number of aliphatic hydroxyl groups is 1. The van der Waals surface area contributed by atoms with Crippen LogP contribution >= 0.6 is 11.6 Å². The third-order valence-electron chi connectivity index (χ3n) is 5.35. The number of hydrogen-bond donors (Lipinski definition) is 1. The molecule has 0 fully saturated rings. The summed E-state index contributed by atoms with van der Waals surface area (Å²) in [5, 5.41) is 15.6. The van der Waals surface area contributed by atoms with Gasteiger partial charge in [0.05, 0.1) is 5.71 Å². The Morgan fingerprint density at radius 3 is 2.52 bits per heavy atom. The highest BCUT2D eigenvalue weighted by Crippen LogP contribution is 2.20. The van der Waals surface area contributed by atoms with Crippen molar-refractivity contribution in [1.82, 2.24) is 4.90 Å². The second-order valence-corrected chi connectivity index (χ2v) is 8.51. The van der Waals surface area contributed by atoms with Crippen LogP contribution in [-0.4, -0.2) is 47.6 Å². The zero-order chi connectivity index (χ0) is 23.0. The van der Waals surface area contributed by atoms with Gasteiger partial charge in [-0.25, -0.2) is 4.39 Å². The van der Waals surface area contributed by atoms with E-state index in [9.17, 15) is 9.50 Å². The number of hydrogen-bond acceptors (Lipinski definition) is 5. The van der Waals surface area contributed by atoms with Crippen LogP contribution in [0.5, 0.6) is 5.75 Å². The van der Waals surface area contributed by atoms with Crippen LogP contribution in [-0.2, 0) is 11.4 Å². The van der Waals surface area contributed by atoms with Crippen LogP contribution < -0.4 is 4.74 Å². The van der Waals surface area contributed by atoms with Crippen molar-refractivity contribution in [1.29, 1.82) is 0 Å². The van der Waals surface area contributed by atoms with Crippen molar-refractivity contribution < 1.29 is 19.1 Å². The molecule has 4 rings (SSSR count). The molecular formula is C26H26ClFN2O3. The first-order valence-corrected chi connectivity index (χ1v) is 11.2. The standard InChI is InChI=1S/C26H26ClFN2O3/c27-21-10-8-20(9-11-21)26-14-25(33-29-26)17-30(15-19-6-12-22(28)13-7-19)16-23(31)18-32-24-4-2-1-3-5-24/h1-13,23,25,31H,14-18H2/t23-,25-/m1/s1. The van der Waals surface area contributed by atoms with Gasteiger partial charge in [-0.15, -0.1) is 0 Å². The molecule has 0 unspecified atom stereocenters. The average Bonchev–Trinajstić information content (AvgIpc) is 3.29. The Morgan fingerprint density at radius 2 is 1.79 bits per heavy atom. The molecule has 1 aliphatic rings. The van der Waals surface area contributed by atoms with Gasteiger partial charge < -0.3 is 14.7 Å². The van der Waals surface area contributed by atoms with Crippen LogP contribution in [0.25, 0.3) is 0 Å². The van der Waals surface area contributed by atoms with Gasteiger partial charge in [0.25, 0.3) is 0 Å². The number of halogens is 2. The summed E-state index contributed by atoms with van der Waals surface area (Å²) in [7, 11) is 0. The highest BCUT2D eigenvalue weighted by molar-refractivity contribution is 6.30. The monoisotopic (exact) mass is 468 g/mol. The molecule has 0 saturated carbocycles. The number of aliphatic hydroxyl groups excluding tert-OH is 1. The summed E-state index contributed by atoms with van der Waals surface area (Å²) in [5.41, 5.74) is 2.79. The highest BCUT2D eigenvalue weighted by atomic mass is 35.5. The molecule has 1 aliphatic heterocycles. The van der Waals surface area contributed by atoms with E-state index in [2.05, 4.69) is 10.1 Å². The predicted octanol–water partition coefficient (Wildman–Crippen LogP) is 4.91. The molecule has 0 amide bonds. The molecule has 1 N–H and O–H groups in total. The third kappa shape index (κ3) is 7.02. The lowest BCUT2D eigenvalue weighted by Gasteiger charge is -2.27. The van der Waals surface area contributed by atoms with Gasteiger partial charge in [0.1, 0.15) is 30.4 Å². The number of nitrogens with zero attached hydrogens (tertiary/aromatic N) is 2. The van der Waals surface area contributed by atoms with Gasteiger partial charge in [-0.3, -0.25) is 4.90 Å². The second kappa shape index (κ2) is 11.3. The van der Waals surface area contributed by atoms with Gasteiger partial charge in [0.2, 0.25) is 0 Å². The van der Waals surface area contributed by atoms with Crippen molar-refractivity contribution >= 4 is 17.3 Å². The fourth-order valence-electron chi connectivity index (χ4n) is 3.74.